The van der Waals surface area contributed by atoms with Gasteiger partial charge in [-0.05, 0) is 38.2 Å². The number of nitrogens with one attached hydrogen (secondary N) is 1. The third-order valence-electron chi connectivity index (χ3n) is 2.22. The molecule has 4 heteroatoms. The molecule has 15 heavy (non-hydrogen) atoms. The maximum Gasteiger partial charge on any atom is 0.124 e. The standard InChI is InChI=1S/C11H16FNO2/c1-13-6-5-10(14)9-7-8(12)3-4-11(9)15-2/h3-4,7,10,13-14H,5-6H2,1-2H3. The molecule has 0 aliphatic carbocycles. The Kier molecular flexibility index (Phi) is 4.52. The first kappa shape index (κ1) is 11.9. The Bertz CT molecular complexity index is 317. The van der Waals surface area contributed by atoms with Crippen molar-refractivity contribution < 1.29 is 14.2 Å². The molecule has 0 aliphatic rings. The molecule has 0 bridgehead atoms. The first-order chi connectivity index (χ1) is 7.19. The Labute approximate surface area is 88.9 Å². The molecule has 0 amide bonds. The molecule has 0 saturated heterocycles. The van der Waals surface area contributed by atoms with Gasteiger partial charge in [0.05, 0.1) is 13.2 Å². The third-order valence-corrected chi connectivity index (χ3v) is 2.22. The number of hydrogen-bond donors (Lipinski definition) is 2. The molecule has 1 unspecified atom stereocenters. The molecule has 0 aliphatic heterocycles. The van der Waals surface area contributed by atoms with Gasteiger partial charge < -0.3 is 15.2 Å². The minimum atomic E-state index is -0.705. The molecule has 0 saturated carbocycles. The van der Waals surface area contributed by atoms with Crippen LogP contribution in [0.4, 0.5) is 4.39 Å². The summed E-state index contributed by atoms with van der Waals surface area (Å²) in [5.74, 6) is 0.148. The summed E-state index contributed by atoms with van der Waals surface area (Å²) in [7, 11) is 3.30. The van der Waals surface area contributed by atoms with Gasteiger partial charge in [0.15, 0.2) is 0 Å². The van der Waals surface area contributed by atoms with Crippen LogP contribution in [0, 0.1) is 5.82 Å². The van der Waals surface area contributed by atoms with Gasteiger partial charge in [-0.3, -0.25) is 0 Å². The van der Waals surface area contributed by atoms with E-state index in [1.54, 1.807) is 7.05 Å². The van der Waals surface area contributed by atoms with Crippen molar-refractivity contribution in [1.29, 1.82) is 0 Å². The van der Waals surface area contributed by atoms with Gasteiger partial charge in [-0.25, -0.2) is 4.39 Å². The summed E-state index contributed by atoms with van der Waals surface area (Å²) in [5.41, 5.74) is 0.493. The summed E-state index contributed by atoms with van der Waals surface area (Å²) in [4.78, 5) is 0. The first-order valence-corrected chi connectivity index (χ1v) is 4.85. The highest BCUT2D eigenvalue weighted by Crippen LogP contribution is 2.27. The predicted molar refractivity (Wildman–Crippen MR) is 56.5 cm³/mol. The fourth-order valence-corrected chi connectivity index (χ4v) is 1.40. The van der Waals surface area contributed by atoms with E-state index in [0.29, 0.717) is 24.3 Å². The van der Waals surface area contributed by atoms with Crippen molar-refractivity contribution in [1.82, 2.24) is 5.32 Å². The predicted octanol–water partition coefficient (Wildman–Crippen LogP) is 1.48. The van der Waals surface area contributed by atoms with E-state index in [9.17, 15) is 9.50 Å². The highest BCUT2D eigenvalue weighted by molar-refractivity contribution is 5.35. The van der Waals surface area contributed by atoms with Gasteiger partial charge in [-0.15, -0.1) is 0 Å². The number of halogens is 1. The lowest BCUT2D eigenvalue weighted by Crippen LogP contribution is -2.12. The molecule has 1 aromatic carbocycles. The van der Waals surface area contributed by atoms with Crippen molar-refractivity contribution >= 4 is 0 Å². The SMILES string of the molecule is CNCCC(O)c1cc(F)ccc1OC. The topological polar surface area (TPSA) is 41.5 Å². The van der Waals surface area contributed by atoms with Crippen LogP contribution in [0.1, 0.15) is 18.1 Å². The van der Waals surface area contributed by atoms with Crippen molar-refractivity contribution in [3.63, 3.8) is 0 Å². The van der Waals surface area contributed by atoms with Crippen molar-refractivity contribution in [2.45, 2.75) is 12.5 Å². The highest BCUT2D eigenvalue weighted by Gasteiger charge is 2.13. The summed E-state index contributed by atoms with van der Waals surface area (Å²) in [6.45, 7) is 0.667. The van der Waals surface area contributed by atoms with Gasteiger partial charge in [-0.1, -0.05) is 0 Å². The molecule has 0 aromatic heterocycles. The zero-order valence-corrected chi connectivity index (χ0v) is 8.96. The second kappa shape index (κ2) is 5.68. The molecule has 1 rings (SSSR count). The van der Waals surface area contributed by atoms with Crippen molar-refractivity contribution in [2.24, 2.45) is 0 Å². The van der Waals surface area contributed by atoms with E-state index in [4.69, 9.17) is 4.74 Å². The van der Waals surface area contributed by atoms with Crippen LogP contribution in [0.2, 0.25) is 0 Å². The van der Waals surface area contributed by atoms with Gasteiger partial charge in [0.25, 0.3) is 0 Å². The first-order valence-electron chi connectivity index (χ1n) is 4.85. The Morgan fingerprint density at radius 1 is 1.53 bits per heavy atom. The van der Waals surface area contributed by atoms with Gasteiger partial charge in [0, 0.05) is 5.56 Å². The number of hydrogen-bond acceptors (Lipinski definition) is 3. The van der Waals surface area contributed by atoms with E-state index in [1.165, 1.54) is 25.3 Å². The largest absolute Gasteiger partial charge is 0.496 e. The van der Waals surface area contributed by atoms with Gasteiger partial charge >= 0.3 is 0 Å². The van der Waals surface area contributed by atoms with Crippen LogP contribution in [0.5, 0.6) is 5.75 Å². The third kappa shape index (κ3) is 3.18. The molecule has 0 fully saturated rings. The Morgan fingerprint density at radius 3 is 2.87 bits per heavy atom. The summed E-state index contributed by atoms with van der Waals surface area (Å²) < 4.78 is 18.0. The lowest BCUT2D eigenvalue weighted by molar-refractivity contribution is 0.163. The number of benzene rings is 1. The number of rotatable bonds is 5. The molecule has 3 nitrogen and oxygen atoms in total. The van der Waals surface area contributed by atoms with Gasteiger partial charge in [0.2, 0.25) is 0 Å². The van der Waals surface area contributed by atoms with Crippen LogP contribution >= 0.6 is 0 Å². The number of ether oxygens (including phenoxy) is 1. The molecule has 0 radical (unpaired) electrons. The minimum Gasteiger partial charge on any atom is -0.496 e. The molecular formula is C11H16FNO2. The van der Waals surface area contributed by atoms with Crippen LogP contribution in [-0.2, 0) is 0 Å². The molecule has 0 heterocycles. The molecular weight excluding hydrogens is 197 g/mol. The van der Waals surface area contributed by atoms with Crippen LogP contribution < -0.4 is 10.1 Å². The maximum atomic E-state index is 13.0. The summed E-state index contributed by atoms with van der Waals surface area (Å²) in [5, 5.41) is 12.7. The van der Waals surface area contributed by atoms with Crippen LogP contribution in [0.15, 0.2) is 18.2 Å². The van der Waals surface area contributed by atoms with E-state index in [1.807, 2.05) is 0 Å². The van der Waals surface area contributed by atoms with Crippen molar-refractivity contribution in [3.8, 4) is 5.75 Å². The minimum absolute atomic E-state index is 0.366. The summed E-state index contributed by atoms with van der Waals surface area (Å²) in [6, 6.07) is 4.14. The summed E-state index contributed by atoms with van der Waals surface area (Å²) >= 11 is 0. The fourth-order valence-electron chi connectivity index (χ4n) is 1.40. The van der Waals surface area contributed by atoms with Gasteiger partial charge in [-0.2, -0.15) is 0 Å². The molecule has 1 aromatic rings. The smallest absolute Gasteiger partial charge is 0.124 e. The highest BCUT2D eigenvalue weighted by atomic mass is 19.1. The Morgan fingerprint density at radius 2 is 2.27 bits per heavy atom. The number of aliphatic hydroxyl groups is 1. The number of methoxy groups -OCH3 is 1. The van der Waals surface area contributed by atoms with Crippen molar-refractivity contribution in [3.05, 3.63) is 29.6 Å². The lowest BCUT2D eigenvalue weighted by atomic mass is 10.1. The fraction of sp³-hybridized carbons (Fsp3) is 0.455. The normalized spacial score (nSPS) is 12.5. The summed E-state index contributed by atoms with van der Waals surface area (Å²) in [6.07, 6.45) is -0.181. The van der Waals surface area contributed by atoms with E-state index >= 15 is 0 Å². The molecule has 84 valence electrons. The number of aliphatic hydroxyl groups excluding tert-OH is 1. The zero-order chi connectivity index (χ0) is 11.3. The molecule has 1 atom stereocenters. The second-order valence-corrected chi connectivity index (χ2v) is 3.29. The van der Waals surface area contributed by atoms with Crippen LogP contribution in [0.25, 0.3) is 0 Å². The molecule has 2 N–H and O–H groups in total. The zero-order valence-electron chi connectivity index (χ0n) is 8.96. The van der Waals surface area contributed by atoms with Crippen molar-refractivity contribution in [2.75, 3.05) is 20.7 Å². The van der Waals surface area contributed by atoms with E-state index in [-0.39, 0.29) is 5.82 Å². The van der Waals surface area contributed by atoms with Crippen LogP contribution in [-0.4, -0.2) is 25.8 Å². The average molecular weight is 213 g/mol. The van der Waals surface area contributed by atoms with E-state index in [2.05, 4.69) is 5.32 Å². The maximum absolute atomic E-state index is 13.0. The quantitative estimate of drug-likeness (QED) is 0.778. The van der Waals surface area contributed by atoms with E-state index < -0.39 is 6.10 Å². The molecule has 0 spiro atoms. The second-order valence-electron chi connectivity index (χ2n) is 3.29. The van der Waals surface area contributed by atoms with Crippen LogP contribution in [0.3, 0.4) is 0 Å². The Hall–Kier alpha value is -1.13. The lowest BCUT2D eigenvalue weighted by Gasteiger charge is -2.14. The Balaban J connectivity index is 2.85. The van der Waals surface area contributed by atoms with Gasteiger partial charge in [0.1, 0.15) is 11.6 Å². The average Bonchev–Trinajstić information content (AvgIpc) is 2.25. The monoisotopic (exact) mass is 213 g/mol. The van der Waals surface area contributed by atoms with E-state index in [0.717, 1.165) is 0 Å².